The second kappa shape index (κ2) is 7.84. The number of rotatable bonds is 8. The molecule has 21 heavy (non-hydrogen) atoms. The fraction of sp³-hybridized carbons (Fsp3) is 0.538. The SMILES string of the molecule is COc1cc(CNCCS(=O)(=O)N(C)C)cc(Cl)c1OC. The molecule has 0 atom stereocenters. The maximum Gasteiger partial charge on any atom is 0.214 e. The van der Waals surface area contributed by atoms with Crippen LogP contribution in [0.2, 0.25) is 5.02 Å². The van der Waals surface area contributed by atoms with Crippen LogP contribution in [0.5, 0.6) is 11.5 Å². The Kier molecular flexibility index (Phi) is 6.73. The summed E-state index contributed by atoms with van der Waals surface area (Å²) in [5.41, 5.74) is 0.889. The van der Waals surface area contributed by atoms with Gasteiger partial charge in [0.05, 0.1) is 25.0 Å². The van der Waals surface area contributed by atoms with Crippen LogP contribution >= 0.6 is 11.6 Å². The molecule has 0 bridgehead atoms. The molecule has 1 aromatic carbocycles. The van der Waals surface area contributed by atoms with Gasteiger partial charge in [-0.1, -0.05) is 11.6 Å². The molecule has 8 heteroatoms. The average molecular weight is 337 g/mol. The summed E-state index contributed by atoms with van der Waals surface area (Å²) in [6, 6.07) is 3.56. The van der Waals surface area contributed by atoms with E-state index in [-0.39, 0.29) is 5.75 Å². The summed E-state index contributed by atoms with van der Waals surface area (Å²) in [4.78, 5) is 0. The first-order valence-electron chi connectivity index (χ1n) is 6.33. The average Bonchev–Trinajstić information content (AvgIpc) is 2.42. The molecule has 0 saturated carbocycles. The Bertz CT molecular complexity index is 576. The molecule has 0 aliphatic rings. The number of benzene rings is 1. The molecule has 0 unspecified atom stereocenters. The van der Waals surface area contributed by atoms with Gasteiger partial charge in [0.15, 0.2) is 11.5 Å². The van der Waals surface area contributed by atoms with E-state index in [1.807, 2.05) is 0 Å². The lowest BCUT2D eigenvalue weighted by atomic mass is 10.2. The van der Waals surface area contributed by atoms with Gasteiger partial charge in [0.2, 0.25) is 10.0 Å². The van der Waals surface area contributed by atoms with Crippen molar-refractivity contribution in [3.8, 4) is 11.5 Å². The Hall–Kier alpha value is -1.02. The molecular formula is C13H21ClN2O4S. The van der Waals surface area contributed by atoms with E-state index in [4.69, 9.17) is 21.1 Å². The lowest BCUT2D eigenvalue weighted by Gasteiger charge is -2.13. The smallest absolute Gasteiger partial charge is 0.214 e. The summed E-state index contributed by atoms with van der Waals surface area (Å²) in [5.74, 6) is 1.07. The second-order valence-electron chi connectivity index (χ2n) is 4.59. The molecule has 1 N–H and O–H groups in total. The van der Waals surface area contributed by atoms with Crippen LogP contribution in [-0.2, 0) is 16.6 Å². The van der Waals surface area contributed by atoms with Gasteiger partial charge < -0.3 is 14.8 Å². The molecule has 0 aliphatic carbocycles. The summed E-state index contributed by atoms with van der Waals surface area (Å²) >= 11 is 6.11. The maximum atomic E-state index is 11.6. The van der Waals surface area contributed by atoms with Crippen molar-refractivity contribution >= 4 is 21.6 Å². The van der Waals surface area contributed by atoms with Gasteiger partial charge in [0, 0.05) is 27.2 Å². The molecule has 0 radical (unpaired) electrons. The Labute approximate surface area is 131 Å². The van der Waals surface area contributed by atoms with E-state index in [9.17, 15) is 8.42 Å². The van der Waals surface area contributed by atoms with Gasteiger partial charge in [-0.25, -0.2) is 12.7 Å². The highest BCUT2D eigenvalue weighted by molar-refractivity contribution is 7.89. The first-order valence-corrected chi connectivity index (χ1v) is 8.32. The molecule has 0 saturated heterocycles. The van der Waals surface area contributed by atoms with Gasteiger partial charge in [0.25, 0.3) is 0 Å². The Morgan fingerprint density at radius 2 is 1.90 bits per heavy atom. The quantitative estimate of drug-likeness (QED) is 0.726. The lowest BCUT2D eigenvalue weighted by Crippen LogP contribution is -2.31. The molecule has 0 amide bonds. The molecule has 120 valence electrons. The predicted octanol–water partition coefficient (Wildman–Crippen LogP) is 1.34. The van der Waals surface area contributed by atoms with E-state index in [0.717, 1.165) is 5.56 Å². The van der Waals surface area contributed by atoms with E-state index in [1.165, 1.54) is 32.6 Å². The van der Waals surface area contributed by atoms with Crippen molar-refractivity contribution in [2.45, 2.75) is 6.54 Å². The van der Waals surface area contributed by atoms with Crippen LogP contribution in [0.1, 0.15) is 5.56 Å². The van der Waals surface area contributed by atoms with Crippen molar-refractivity contribution in [3.63, 3.8) is 0 Å². The van der Waals surface area contributed by atoms with Gasteiger partial charge in [-0.3, -0.25) is 0 Å². The van der Waals surface area contributed by atoms with Crippen LogP contribution in [0, 0.1) is 0 Å². The highest BCUT2D eigenvalue weighted by Gasteiger charge is 2.13. The van der Waals surface area contributed by atoms with Gasteiger partial charge in [-0.2, -0.15) is 0 Å². The van der Waals surface area contributed by atoms with Crippen LogP contribution < -0.4 is 14.8 Å². The summed E-state index contributed by atoms with van der Waals surface area (Å²) in [6.45, 7) is 0.843. The van der Waals surface area contributed by atoms with Crippen LogP contribution in [0.3, 0.4) is 0 Å². The molecule has 6 nitrogen and oxygen atoms in total. The number of ether oxygens (including phenoxy) is 2. The summed E-state index contributed by atoms with van der Waals surface area (Å²) < 4.78 is 34.8. The molecule has 0 aromatic heterocycles. The van der Waals surface area contributed by atoms with Gasteiger partial charge in [-0.15, -0.1) is 0 Å². The number of sulfonamides is 1. The molecule has 0 aliphatic heterocycles. The monoisotopic (exact) mass is 336 g/mol. The number of halogens is 1. The lowest BCUT2D eigenvalue weighted by molar-refractivity contribution is 0.354. The number of hydrogen-bond donors (Lipinski definition) is 1. The zero-order valence-electron chi connectivity index (χ0n) is 12.6. The van der Waals surface area contributed by atoms with Gasteiger partial charge >= 0.3 is 0 Å². The highest BCUT2D eigenvalue weighted by atomic mass is 35.5. The minimum Gasteiger partial charge on any atom is -0.493 e. The zero-order valence-corrected chi connectivity index (χ0v) is 14.2. The molecular weight excluding hydrogens is 316 g/mol. The van der Waals surface area contributed by atoms with Crippen LogP contribution in [0.25, 0.3) is 0 Å². The standard InChI is InChI=1S/C13H21ClN2O4S/c1-16(2)21(17,18)6-5-15-9-10-7-11(14)13(20-4)12(8-10)19-3/h7-8,15H,5-6,9H2,1-4H3. The van der Waals surface area contributed by atoms with Gasteiger partial charge in [-0.05, 0) is 17.7 Å². The number of nitrogens with one attached hydrogen (secondary N) is 1. The first-order chi connectivity index (χ1) is 9.81. The van der Waals surface area contributed by atoms with E-state index in [1.54, 1.807) is 12.1 Å². The number of hydrogen-bond acceptors (Lipinski definition) is 5. The van der Waals surface area contributed by atoms with Crippen LogP contribution in [-0.4, -0.2) is 53.3 Å². The minimum atomic E-state index is -3.18. The predicted molar refractivity (Wildman–Crippen MR) is 83.7 cm³/mol. The zero-order chi connectivity index (χ0) is 16.0. The van der Waals surface area contributed by atoms with E-state index in [0.29, 0.717) is 29.6 Å². The number of methoxy groups -OCH3 is 2. The summed E-state index contributed by atoms with van der Waals surface area (Å²) in [5, 5.41) is 3.52. The number of nitrogens with zero attached hydrogens (tertiary/aromatic N) is 1. The molecule has 1 rings (SSSR count). The molecule has 0 fully saturated rings. The third kappa shape index (κ3) is 5.03. The largest absolute Gasteiger partial charge is 0.493 e. The van der Waals surface area contributed by atoms with Gasteiger partial charge in [0.1, 0.15) is 0 Å². The van der Waals surface area contributed by atoms with E-state index >= 15 is 0 Å². The normalized spacial score (nSPS) is 11.7. The second-order valence-corrected chi connectivity index (χ2v) is 7.30. The first kappa shape index (κ1) is 18.0. The van der Waals surface area contributed by atoms with Crippen molar-refractivity contribution in [3.05, 3.63) is 22.7 Å². The van der Waals surface area contributed by atoms with Crippen molar-refractivity contribution < 1.29 is 17.9 Å². The molecule has 0 spiro atoms. The maximum absolute atomic E-state index is 11.6. The molecule has 0 heterocycles. The third-order valence-corrected chi connectivity index (χ3v) is 5.03. The van der Waals surface area contributed by atoms with Crippen molar-refractivity contribution in [1.82, 2.24) is 9.62 Å². The Balaban J connectivity index is 2.63. The van der Waals surface area contributed by atoms with Crippen molar-refractivity contribution in [1.29, 1.82) is 0 Å². The topological polar surface area (TPSA) is 67.9 Å². The Morgan fingerprint density at radius 3 is 2.43 bits per heavy atom. The molecule has 1 aromatic rings. The fourth-order valence-corrected chi connectivity index (χ4v) is 2.77. The highest BCUT2D eigenvalue weighted by Crippen LogP contribution is 2.35. The van der Waals surface area contributed by atoms with E-state index in [2.05, 4.69) is 5.32 Å². The van der Waals surface area contributed by atoms with Crippen LogP contribution in [0.15, 0.2) is 12.1 Å². The minimum absolute atomic E-state index is 0.0427. The summed E-state index contributed by atoms with van der Waals surface area (Å²) in [6.07, 6.45) is 0. The van der Waals surface area contributed by atoms with Crippen molar-refractivity contribution in [2.24, 2.45) is 0 Å². The third-order valence-electron chi connectivity index (χ3n) is 2.92. The van der Waals surface area contributed by atoms with Crippen molar-refractivity contribution in [2.75, 3.05) is 40.6 Å². The fourth-order valence-electron chi connectivity index (χ4n) is 1.69. The summed E-state index contributed by atoms with van der Waals surface area (Å²) in [7, 11) is 2.91. The van der Waals surface area contributed by atoms with E-state index < -0.39 is 10.0 Å². The Morgan fingerprint density at radius 1 is 1.24 bits per heavy atom. The van der Waals surface area contributed by atoms with Crippen LogP contribution in [0.4, 0.5) is 0 Å².